The van der Waals surface area contributed by atoms with E-state index in [9.17, 15) is 4.39 Å². The fourth-order valence-corrected chi connectivity index (χ4v) is 3.12. The van der Waals surface area contributed by atoms with Crippen molar-refractivity contribution >= 4 is 38.9 Å². The second-order valence-corrected chi connectivity index (χ2v) is 6.35. The van der Waals surface area contributed by atoms with Crippen LogP contribution in [0.4, 0.5) is 4.39 Å². The molecule has 1 aromatic carbocycles. The third-order valence-corrected chi connectivity index (χ3v) is 4.61. The highest BCUT2D eigenvalue weighted by atomic mass is 79.9. The first-order chi connectivity index (χ1) is 7.99. The van der Waals surface area contributed by atoms with Crippen LogP contribution in [-0.4, -0.2) is 0 Å². The summed E-state index contributed by atoms with van der Waals surface area (Å²) in [5.74, 6) is -0.311. The number of hydrogen-bond acceptors (Lipinski definition) is 2. The molecule has 5 heteroatoms. The minimum Gasteiger partial charge on any atom is -0.320 e. The van der Waals surface area contributed by atoms with Gasteiger partial charge >= 0.3 is 0 Å². The first kappa shape index (κ1) is 13.0. The molecule has 90 valence electrons. The molecule has 1 atom stereocenters. The topological polar surface area (TPSA) is 26.0 Å². The number of nitrogens with two attached hydrogens (primary N) is 1. The number of halogens is 3. The van der Waals surface area contributed by atoms with Crippen molar-refractivity contribution in [1.82, 2.24) is 0 Å². The Balaban J connectivity index is 2.39. The second kappa shape index (κ2) is 5.06. The lowest BCUT2D eigenvalue weighted by atomic mass is 10.1. The summed E-state index contributed by atoms with van der Waals surface area (Å²) < 4.78 is 15.2. The maximum Gasteiger partial charge on any atom is 0.129 e. The third kappa shape index (κ3) is 2.71. The Kier molecular flexibility index (Phi) is 3.88. The van der Waals surface area contributed by atoms with Gasteiger partial charge in [-0.3, -0.25) is 0 Å². The summed E-state index contributed by atoms with van der Waals surface area (Å²) in [4.78, 5) is 0.869. The van der Waals surface area contributed by atoms with E-state index in [0.717, 1.165) is 10.4 Å². The minimum atomic E-state index is -0.473. The van der Waals surface area contributed by atoms with Crippen LogP contribution in [0.3, 0.4) is 0 Å². The zero-order chi connectivity index (χ0) is 12.6. The van der Waals surface area contributed by atoms with Crippen LogP contribution in [-0.2, 0) is 0 Å². The van der Waals surface area contributed by atoms with Gasteiger partial charge in [0.1, 0.15) is 5.82 Å². The molecule has 0 radical (unpaired) electrons. The Hall–Kier alpha value is -0.420. The molecule has 0 bridgehead atoms. The van der Waals surface area contributed by atoms with Gasteiger partial charge in [0.15, 0.2) is 0 Å². The zero-order valence-corrected chi connectivity index (χ0v) is 12.2. The van der Waals surface area contributed by atoms with Crippen molar-refractivity contribution in [2.24, 2.45) is 5.73 Å². The first-order valence-electron chi connectivity index (χ1n) is 4.95. The maximum atomic E-state index is 13.8. The summed E-state index contributed by atoms with van der Waals surface area (Å²) in [6.45, 7) is 1.91. The average molecular weight is 335 g/mol. The summed E-state index contributed by atoms with van der Waals surface area (Å²) in [6, 6.07) is 6.31. The van der Waals surface area contributed by atoms with Gasteiger partial charge in [0.05, 0.1) is 10.4 Å². The highest BCUT2D eigenvalue weighted by molar-refractivity contribution is 9.10. The summed E-state index contributed by atoms with van der Waals surface area (Å²) in [5.41, 5.74) is 7.50. The van der Waals surface area contributed by atoms with E-state index in [2.05, 4.69) is 15.9 Å². The molecule has 0 aliphatic carbocycles. The van der Waals surface area contributed by atoms with E-state index in [1.807, 2.05) is 13.0 Å². The van der Waals surface area contributed by atoms with E-state index in [-0.39, 0.29) is 5.82 Å². The van der Waals surface area contributed by atoms with Gasteiger partial charge < -0.3 is 5.73 Å². The largest absolute Gasteiger partial charge is 0.320 e. The van der Waals surface area contributed by atoms with Crippen LogP contribution in [0.2, 0.25) is 4.34 Å². The second-order valence-electron chi connectivity index (χ2n) is 3.75. The van der Waals surface area contributed by atoms with Crippen LogP contribution in [0.25, 0.3) is 0 Å². The number of rotatable bonds is 2. The molecule has 0 fully saturated rings. The molecular weight excluding hydrogens is 325 g/mol. The molecule has 17 heavy (non-hydrogen) atoms. The van der Waals surface area contributed by atoms with Gasteiger partial charge in [0.25, 0.3) is 0 Å². The first-order valence-corrected chi connectivity index (χ1v) is 6.94. The third-order valence-electron chi connectivity index (χ3n) is 2.48. The monoisotopic (exact) mass is 333 g/mol. The van der Waals surface area contributed by atoms with Crippen LogP contribution in [0.15, 0.2) is 28.7 Å². The Morgan fingerprint density at radius 2 is 2.12 bits per heavy atom. The van der Waals surface area contributed by atoms with Crippen molar-refractivity contribution in [3.63, 3.8) is 0 Å². The molecule has 2 N–H and O–H groups in total. The predicted octanol–water partition coefficient (Wildman–Crippen LogP) is 4.66. The molecule has 0 amide bonds. The van der Waals surface area contributed by atoms with E-state index < -0.39 is 6.04 Å². The Morgan fingerprint density at radius 1 is 1.41 bits per heavy atom. The number of aryl methyl sites for hydroxylation is 1. The van der Waals surface area contributed by atoms with Gasteiger partial charge in [-0.05, 0) is 30.7 Å². The molecule has 1 unspecified atom stereocenters. The van der Waals surface area contributed by atoms with Crippen molar-refractivity contribution in [3.8, 4) is 0 Å². The van der Waals surface area contributed by atoms with Gasteiger partial charge in [-0.25, -0.2) is 4.39 Å². The van der Waals surface area contributed by atoms with Crippen molar-refractivity contribution in [2.75, 3.05) is 0 Å². The van der Waals surface area contributed by atoms with E-state index in [1.165, 1.54) is 17.4 Å². The van der Waals surface area contributed by atoms with Crippen LogP contribution >= 0.6 is 38.9 Å². The van der Waals surface area contributed by atoms with Gasteiger partial charge in [-0.15, -0.1) is 11.3 Å². The predicted molar refractivity (Wildman–Crippen MR) is 74.2 cm³/mol. The van der Waals surface area contributed by atoms with Crippen molar-refractivity contribution < 1.29 is 4.39 Å². The fourth-order valence-electron chi connectivity index (χ4n) is 1.54. The molecule has 0 saturated heterocycles. The van der Waals surface area contributed by atoms with E-state index in [1.54, 1.807) is 12.1 Å². The van der Waals surface area contributed by atoms with Crippen LogP contribution < -0.4 is 5.73 Å². The number of hydrogen-bond donors (Lipinski definition) is 1. The van der Waals surface area contributed by atoms with Crippen LogP contribution in [0.1, 0.15) is 22.0 Å². The minimum absolute atomic E-state index is 0.311. The van der Waals surface area contributed by atoms with Gasteiger partial charge in [-0.2, -0.15) is 0 Å². The van der Waals surface area contributed by atoms with E-state index in [4.69, 9.17) is 17.3 Å². The summed E-state index contributed by atoms with van der Waals surface area (Å²) >= 11 is 10.6. The Labute approximate surface area is 117 Å². The van der Waals surface area contributed by atoms with Gasteiger partial charge in [0, 0.05) is 14.9 Å². The average Bonchev–Trinajstić information content (AvgIpc) is 2.58. The molecule has 2 rings (SSSR count). The lowest BCUT2D eigenvalue weighted by Crippen LogP contribution is -2.12. The Morgan fingerprint density at radius 3 is 2.65 bits per heavy atom. The van der Waals surface area contributed by atoms with Gasteiger partial charge in [-0.1, -0.05) is 33.6 Å². The zero-order valence-electron chi connectivity index (χ0n) is 9.01. The molecule has 0 saturated carbocycles. The highest BCUT2D eigenvalue weighted by Gasteiger charge is 2.16. The summed E-state index contributed by atoms with van der Waals surface area (Å²) in [5, 5.41) is 0. The molecule has 1 aromatic heterocycles. The quantitative estimate of drug-likeness (QED) is 0.849. The molecular formula is C12H10BrClFNS. The lowest BCUT2D eigenvalue weighted by Gasteiger charge is -2.11. The molecule has 1 nitrogen and oxygen atoms in total. The SMILES string of the molecule is Cc1cc(C(N)c2ccc(Br)cc2F)sc1Cl. The summed E-state index contributed by atoms with van der Waals surface area (Å²) in [7, 11) is 0. The van der Waals surface area contributed by atoms with E-state index >= 15 is 0 Å². The fraction of sp³-hybridized carbons (Fsp3) is 0.167. The lowest BCUT2D eigenvalue weighted by molar-refractivity contribution is 0.600. The van der Waals surface area contributed by atoms with E-state index in [0.29, 0.717) is 14.4 Å². The highest BCUT2D eigenvalue weighted by Crippen LogP contribution is 2.34. The number of benzene rings is 1. The Bertz CT molecular complexity index is 536. The van der Waals surface area contributed by atoms with Crippen molar-refractivity contribution in [3.05, 3.63) is 54.9 Å². The number of thiophene rings is 1. The molecule has 2 aromatic rings. The van der Waals surface area contributed by atoms with Crippen molar-refractivity contribution in [2.45, 2.75) is 13.0 Å². The standard InChI is InChI=1S/C12H10BrClFNS/c1-6-4-10(17-12(6)14)11(16)8-3-2-7(13)5-9(8)15/h2-5,11H,16H2,1H3. The molecule has 0 aliphatic heterocycles. The maximum absolute atomic E-state index is 13.8. The smallest absolute Gasteiger partial charge is 0.129 e. The normalized spacial score (nSPS) is 12.8. The summed E-state index contributed by atoms with van der Waals surface area (Å²) in [6.07, 6.45) is 0. The molecule has 0 aliphatic rings. The molecule has 0 spiro atoms. The van der Waals surface area contributed by atoms with Crippen molar-refractivity contribution in [1.29, 1.82) is 0 Å². The van der Waals surface area contributed by atoms with Crippen LogP contribution in [0.5, 0.6) is 0 Å². The van der Waals surface area contributed by atoms with Gasteiger partial charge in [0.2, 0.25) is 0 Å². The van der Waals surface area contributed by atoms with Crippen LogP contribution in [0, 0.1) is 12.7 Å². The molecule has 1 heterocycles.